The summed E-state index contributed by atoms with van der Waals surface area (Å²) in [6.45, 7) is 14.2. The Bertz CT molecular complexity index is 390. The van der Waals surface area contributed by atoms with Crippen LogP contribution >= 0.6 is 0 Å². The van der Waals surface area contributed by atoms with Crippen molar-refractivity contribution in [3.63, 3.8) is 0 Å². The lowest BCUT2D eigenvalue weighted by Crippen LogP contribution is -2.19. The zero-order chi connectivity index (χ0) is 16.3. The van der Waals surface area contributed by atoms with Crippen LogP contribution in [0.5, 0.6) is 0 Å². The second kappa shape index (κ2) is 10.6. The molecule has 0 aliphatic rings. The smallest absolute Gasteiger partial charge is 0.0800 e. The summed E-state index contributed by atoms with van der Waals surface area (Å²) in [5.74, 6) is 0. The van der Waals surface area contributed by atoms with Crippen LogP contribution in [0.1, 0.15) is 73.1 Å². The Morgan fingerprint density at radius 2 is 1.38 bits per heavy atom. The van der Waals surface area contributed by atoms with E-state index in [1.54, 1.807) is 6.08 Å². The molecule has 0 saturated heterocycles. The van der Waals surface area contributed by atoms with Crippen LogP contribution in [0, 0.1) is 0 Å². The maximum absolute atomic E-state index is 9.84. The van der Waals surface area contributed by atoms with Gasteiger partial charge in [0.1, 0.15) is 0 Å². The number of aliphatic hydroxyl groups is 1. The van der Waals surface area contributed by atoms with Gasteiger partial charge in [-0.2, -0.15) is 0 Å². The van der Waals surface area contributed by atoms with E-state index in [4.69, 9.17) is 0 Å². The molecule has 0 saturated carbocycles. The van der Waals surface area contributed by atoms with Gasteiger partial charge in [0.05, 0.1) is 5.60 Å². The molecule has 0 aromatic rings. The highest BCUT2D eigenvalue weighted by Crippen LogP contribution is 2.16. The quantitative estimate of drug-likeness (QED) is 0.480. The number of allylic oxidation sites excluding steroid dienone is 6. The minimum Gasteiger partial charge on any atom is -0.386 e. The van der Waals surface area contributed by atoms with Crippen LogP contribution in [0.15, 0.2) is 47.6 Å². The Hall–Kier alpha value is -1.08. The third kappa shape index (κ3) is 12.4. The van der Waals surface area contributed by atoms with Crippen molar-refractivity contribution in [3.05, 3.63) is 47.6 Å². The lowest BCUT2D eigenvalue weighted by molar-refractivity contribution is 0.103. The molecule has 0 fully saturated rings. The molecule has 120 valence electrons. The number of hydrogen-bond acceptors (Lipinski definition) is 1. The predicted octanol–water partition coefficient (Wildman–Crippen LogP) is 6.12. The Kier molecular flexibility index (Phi) is 10.1. The molecule has 1 unspecified atom stereocenters. The minimum absolute atomic E-state index is 0.738. The molecular weight excluding hydrogens is 256 g/mol. The average Bonchev–Trinajstić information content (AvgIpc) is 2.38. The third-order valence-corrected chi connectivity index (χ3v) is 3.71. The van der Waals surface area contributed by atoms with Crippen molar-refractivity contribution < 1.29 is 5.11 Å². The molecule has 0 aromatic carbocycles. The van der Waals surface area contributed by atoms with Gasteiger partial charge >= 0.3 is 0 Å². The van der Waals surface area contributed by atoms with E-state index >= 15 is 0 Å². The molecule has 0 aliphatic heterocycles. The summed E-state index contributed by atoms with van der Waals surface area (Å²) >= 11 is 0. The summed E-state index contributed by atoms with van der Waals surface area (Å²) in [6, 6.07) is 0. The van der Waals surface area contributed by atoms with Gasteiger partial charge in [-0.05, 0) is 73.1 Å². The van der Waals surface area contributed by atoms with Crippen LogP contribution in [0.2, 0.25) is 0 Å². The summed E-state index contributed by atoms with van der Waals surface area (Å²) < 4.78 is 0. The Labute approximate surface area is 132 Å². The minimum atomic E-state index is -0.738. The topological polar surface area (TPSA) is 20.2 Å². The van der Waals surface area contributed by atoms with Gasteiger partial charge in [0.2, 0.25) is 0 Å². The Morgan fingerprint density at radius 1 is 0.905 bits per heavy atom. The highest BCUT2D eigenvalue weighted by atomic mass is 16.3. The van der Waals surface area contributed by atoms with E-state index in [9.17, 15) is 5.11 Å². The molecule has 1 heteroatoms. The molecule has 0 heterocycles. The Morgan fingerprint density at radius 3 is 1.86 bits per heavy atom. The van der Waals surface area contributed by atoms with Gasteiger partial charge in [-0.1, -0.05) is 41.0 Å². The van der Waals surface area contributed by atoms with Crippen LogP contribution in [-0.4, -0.2) is 10.7 Å². The maximum Gasteiger partial charge on any atom is 0.0800 e. The van der Waals surface area contributed by atoms with Crippen molar-refractivity contribution in [3.8, 4) is 0 Å². The molecule has 1 nitrogen and oxygen atoms in total. The van der Waals surface area contributed by atoms with Crippen molar-refractivity contribution in [2.24, 2.45) is 0 Å². The summed E-state index contributed by atoms with van der Waals surface area (Å²) in [6.07, 6.45) is 14.7. The fourth-order valence-electron chi connectivity index (χ4n) is 2.05. The van der Waals surface area contributed by atoms with E-state index in [2.05, 4.69) is 52.5 Å². The first-order chi connectivity index (χ1) is 9.76. The van der Waals surface area contributed by atoms with E-state index in [1.807, 2.05) is 6.92 Å². The lowest BCUT2D eigenvalue weighted by atomic mass is 9.99. The summed E-state index contributed by atoms with van der Waals surface area (Å²) in [5.41, 5.74) is 3.55. The average molecular weight is 290 g/mol. The zero-order valence-corrected chi connectivity index (χ0v) is 14.7. The molecular formula is C20H34O. The standard InChI is InChI=1S/C20H34O/c1-7-20(6,21)16-10-15-19(5)14-9-13-18(4)12-8-11-17(2)3/h7,11,13,15,21H,1,8-10,12,14,16H2,2-6H3/b18-13+,19-15-. The van der Waals surface area contributed by atoms with E-state index < -0.39 is 5.60 Å². The first-order valence-electron chi connectivity index (χ1n) is 8.07. The number of rotatable bonds is 10. The van der Waals surface area contributed by atoms with E-state index in [0.717, 1.165) is 38.5 Å². The van der Waals surface area contributed by atoms with Gasteiger partial charge in [-0.25, -0.2) is 0 Å². The molecule has 0 aromatic heterocycles. The van der Waals surface area contributed by atoms with Gasteiger partial charge in [0.15, 0.2) is 0 Å². The van der Waals surface area contributed by atoms with E-state index in [0.29, 0.717) is 0 Å². The highest BCUT2D eigenvalue weighted by molar-refractivity contribution is 5.06. The number of hydrogen-bond donors (Lipinski definition) is 1. The van der Waals surface area contributed by atoms with Crippen molar-refractivity contribution >= 4 is 0 Å². The molecule has 0 rings (SSSR count). The largest absolute Gasteiger partial charge is 0.386 e. The Balaban J connectivity index is 3.99. The molecule has 0 radical (unpaired) electrons. The highest BCUT2D eigenvalue weighted by Gasteiger charge is 2.13. The molecule has 1 N–H and O–H groups in total. The second-order valence-corrected chi connectivity index (χ2v) is 6.56. The molecule has 0 spiro atoms. The van der Waals surface area contributed by atoms with Crippen molar-refractivity contribution in [1.29, 1.82) is 0 Å². The second-order valence-electron chi connectivity index (χ2n) is 6.56. The van der Waals surface area contributed by atoms with Crippen molar-refractivity contribution in [2.45, 2.75) is 78.7 Å². The summed E-state index contributed by atoms with van der Waals surface area (Å²) in [4.78, 5) is 0. The van der Waals surface area contributed by atoms with Gasteiger partial charge in [-0.3, -0.25) is 0 Å². The zero-order valence-electron chi connectivity index (χ0n) is 14.7. The van der Waals surface area contributed by atoms with Gasteiger partial charge in [-0.15, -0.1) is 6.58 Å². The van der Waals surface area contributed by atoms with Gasteiger partial charge < -0.3 is 5.11 Å². The maximum atomic E-state index is 9.84. The molecule has 0 aliphatic carbocycles. The molecule has 0 bridgehead atoms. The van der Waals surface area contributed by atoms with Crippen LogP contribution in [0.25, 0.3) is 0 Å². The normalized spacial score (nSPS) is 15.5. The fourth-order valence-corrected chi connectivity index (χ4v) is 2.05. The van der Waals surface area contributed by atoms with E-state index in [1.165, 1.54) is 16.7 Å². The van der Waals surface area contributed by atoms with Crippen molar-refractivity contribution in [2.75, 3.05) is 0 Å². The molecule has 0 amide bonds. The summed E-state index contributed by atoms with van der Waals surface area (Å²) in [7, 11) is 0. The van der Waals surface area contributed by atoms with E-state index in [-0.39, 0.29) is 0 Å². The van der Waals surface area contributed by atoms with Crippen LogP contribution in [0.3, 0.4) is 0 Å². The first kappa shape index (κ1) is 19.9. The van der Waals surface area contributed by atoms with Gasteiger partial charge in [0, 0.05) is 0 Å². The monoisotopic (exact) mass is 290 g/mol. The summed E-state index contributed by atoms with van der Waals surface area (Å²) in [5, 5.41) is 9.84. The fraction of sp³-hybridized carbons (Fsp3) is 0.600. The SMILES string of the molecule is C=CC(C)(O)CC/C=C(/C)CC/C=C(\C)CCC=C(C)C. The van der Waals surface area contributed by atoms with Crippen molar-refractivity contribution in [1.82, 2.24) is 0 Å². The van der Waals surface area contributed by atoms with Gasteiger partial charge in [0.25, 0.3) is 0 Å². The molecule has 1 atom stereocenters. The van der Waals surface area contributed by atoms with Crippen LogP contribution < -0.4 is 0 Å². The lowest BCUT2D eigenvalue weighted by Gasteiger charge is -2.16. The predicted molar refractivity (Wildman–Crippen MR) is 95.5 cm³/mol. The van der Waals surface area contributed by atoms with Crippen LogP contribution in [-0.2, 0) is 0 Å². The first-order valence-corrected chi connectivity index (χ1v) is 8.07. The third-order valence-electron chi connectivity index (χ3n) is 3.71. The van der Waals surface area contributed by atoms with Crippen LogP contribution in [0.4, 0.5) is 0 Å². The molecule has 21 heavy (non-hydrogen) atoms.